The third-order valence-electron chi connectivity index (χ3n) is 3.83. The molecule has 1 aromatic carbocycles. The minimum Gasteiger partial charge on any atom is -0.396 e. The van der Waals surface area contributed by atoms with Gasteiger partial charge in [-0.2, -0.15) is 0 Å². The summed E-state index contributed by atoms with van der Waals surface area (Å²) in [5.74, 6) is -0.112. The predicted octanol–water partition coefficient (Wildman–Crippen LogP) is 2.17. The van der Waals surface area contributed by atoms with Crippen LogP contribution in [0.4, 0.5) is 0 Å². The van der Waals surface area contributed by atoms with Crippen LogP contribution in [0.5, 0.6) is 0 Å². The van der Waals surface area contributed by atoms with E-state index in [0.29, 0.717) is 5.69 Å². The lowest BCUT2D eigenvalue weighted by Gasteiger charge is -2.33. The van der Waals surface area contributed by atoms with Gasteiger partial charge in [-0.05, 0) is 24.0 Å². The van der Waals surface area contributed by atoms with Crippen molar-refractivity contribution < 1.29 is 9.90 Å². The fraction of sp³-hybridized carbons (Fsp3) is 0.333. The summed E-state index contributed by atoms with van der Waals surface area (Å²) in [6.45, 7) is 0.0797. The predicted molar refractivity (Wildman–Crippen MR) is 77.7 cm³/mol. The summed E-state index contributed by atoms with van der Waals surface area (Å²) in [5, 5.41) is 14.3. The van der Waals surface area contributed by atoms with Crippen molar-refractivity contribution in [1.82, 2.24) is 10.3 Å². The van der Waals surface area contributed by atoms with Gasteiger partial charge in [0.2, 0.25) is 0 Å². The lowest BCUT2D eigenvalue weighted by Crippen LogP contribution is -2.38. The Balaban J connectivity index is 1.87. The van der Waals surface area contributed by atoms with E-state index in [1.54, 1.807) is 10.9 Å². The first-order valence-electron chi connectivity index (χ1n) is 6.67. The van der Waals surface area contributed by atoms with Gasteiger partial charge < -0.3 is 10.4 Å². The molecule has 1 amide bonds. The van der Waals surface area contributed by atoms with Crippen molar-refractivity contribution in [3.05, 3.63) is 52.0 Å². The molecule has 0 bridgehead atoms. The van der Waals surface area contributed by atoms with Crippen LogP contribution in [0.3, 0.4) is 0 Å². The van der Waals surface area contributed by atoms with Gasteiger partial charge in [-0.3, -0.25) is 4.79 Å². The number of benzene rings is 1. The number of hydrogen-bond donors (Lipinski definition) is 2. The molecule has 1 heterocycles. The molecule has 104 valence electrons. The second-order valence-corrected chi connectivity index (χ2v) is 5.72. The summed E-state index contributed by atoms with van der Waals surface area (Å²) in [6, 6.07) is 7.96. The highest BCUT2D eigenvalue weighted by Gasteiger charge is 2.30. The van der Waals surface area contributed by atoms with Crippen LogP contribution in [0.1, 0.15) is 34.1 Å². The SMILES string of the molecule is O=C(N[C@H]1c2ccccc2CC[C@H]1CO)c1cscn1. The van der Waals surface area contributed by atoms with Crippen LogP contribution in [0.25, 0.3) is 0 Å². The summed E-state index contributed by atoms with van der Waals surface area (Å²) >= 11 is 1.40. The Morgan fingerprint density at radius 3 is 3.05 bits per heavy atom. The molecule has 0 saturated carbocycles. The van der Waals surface area contributed by atoms with Gasteiger partial charge in [0.05, 0.1) is 11.6 Å². The minimum atomic E-state index is -0.175. The molecule has 20 heavy (non-hydrogen) atoms. The molecule has 0 spiro atoms. The van der Waals surface area contributed by atoms with E-state index in [2.05, 4.69) is 16.4 Å². The van der Waals surface area contributed by atoms with Gasteiger partial charge >= 0.3 is 0 Å². The van der Waals surface area contributed by atoms with Gasteiger partial charge in [0.25, 0.3) is 5.91 Å². The Bertz CT molecular complexity index is 598. The molecule has 2 atom stereocenters. The number of nitrogens with one attached hydrogen (secondary N) is 1. The highest BCUT2D eigenvalue weighted by molar-refractivity contribution is 7.07. The molecule has 2 aromatic rings. The second kappa shape index (κ2) is 5.73. The smallest absolute Gasteiger partial charge is 0.271 e. The lowest BCUT2D eigenvalue weighted by atomic mass is 9.80. The maximum absolute atomic E-state index is 12.2. The Morgan fingerprint density at radius 2 is 2.30 bits per heavy atom. The highest BCUT2D eigenvalue weighted by Crippen LogP contribution is 2.34. The number of amides is 1. The van der Waals surface area contributed by atoms with Crippen LogP contribution in [-0.2, 0) is 6.42 Å². The number of thiazole rings is 1. The molecule has 0 fully saturated rings. The molecule has 0 radical (unpaired) electrons. The second-order valence-electron chi connectivity index (χ2n) is 5.00. The highest BCUT2D eigenvalue weighted by atomic mass is 32.1. The lowest BCUT2D eigenvalue weighted by molar-refractivity contribution is 0.0889. The molecular formula is C15H16N2O2S. The van der Waals surface area contributed by atoms with Crippen LogP contribution >= 0.6 is 11.3 Å². The number of fused-ring (bicyclic) bond motifs is 1. The third kappa shape index (κ3) is 2.46. The molecule has 1 aromatic heterocycles. The van der Waals surface area contributed by atoms with Crippen LogP contribution in [0.2, 0.25) is 0 Å². The molecule has 2 N–H and O–H groups in total. The monoisotopic (exact) mass is 288 g/mol. The number of carbonyl (C=O) groups is 1. The van der Waals surface area contributed by atoms with Crippen molar-refractivity contribution in [3.8, 4) is 0 Å². The van der Waals surface area contributed by atoms with E-state index in [9.17, 15) is 9.90 Å². The summed E-state index contributed by atoms with van der Waals surface area (Å²) < 4.78 is 0. The molecule has 4 nitrogen and oxygen atoms in total. The quantitative estimate of drug-likeness (QED) is 0.910. The van der Waals surface area contributed by atoms with Gasteiger partial charge in [-0.15, -0.1) is 11.3 Å². The zero-order valence-electron chi connectivity index (χ0n) is 11.0. The molecule has 0 aliphatic heterocycles. The Labute approximate surface area is 121 Å². The van der Waals surface area contributed by atoms with Crippen molar-refractivity contribution >= 4 is 17.2 Å². The number of aliphatic hydroxyl groups is 1. The zero-order valence-corrected chi connectivity index (χ0v) is 11.8. The van der Waals surface area contributed by atoms with Crippen molar-refractivity contribution in [2.24, 2.45) is 5.92 Å². The van der Waals surface area contributed by atoms with E-state index < -0.39 is 0 Å². The first kappa shape index (κ1) is 13.3. The van der Waals surface area contributed by atoms with Crippen LogP contribution < -0.4 is 5.32 Å². The third-order valence-corrected chi connectivity index (χ3v) is 4.42. The first-order chi connectivity index (χ1) is 9.79. The van der Waals surface area contributed by atoms with Gasteiger partial charge in [0.15, 0.2) is 0 Å². The maximum Gasteiger partial charge on any atom is 0.271 e. The van der Waals surface area contributed by atoms with E-state index >= 15 is 0 Å². The Kier molecular flexibility index (Phi) is 3.80. The maximum atomic E-state index is 12.2. The molecule has 1 aliphatic rings. The summed E-state index contributed by atoms with van der Waals surface area (Å²) in [7, 11) is 0. The van der Waals surface area contributed by atoms with E-state index in [-0.39, 0.29) is 24.5 Å². The summed E-state index contributed by atoms with van der Waals surface area (Å²) in [5.41, 5.74) is 4.45. The Hall–Kier alpha value is -1.72. The number of nitrogens with zero attached hydrogens (tertiary/aromatic N) is 1. The van der Waals surface area contributed by atoms with Crippen molar-refractivity contribution in [2.75, 3.05) is 6.61 Å². The number of rotatable bonds is 3. The number of hydrogen-bond acceptors (Lipinski definition) is 4. The van der Waals surface area contributed by atoms with Crippen LogP contribution in [0, 0.1) is 5.92 Å². The average Bonchev–Trinajstić information content (AvgIpc) is 3.02. The molecule has 0 saturated heterocycles. The van der Waals surface area contributed by atoms with Crippen molar-refractivity contribution in [2.45, 2.75) is 18.9 Å². The summed E-state index contributed by atoms with van der Waals surface area (Å²) in [6.07, 6.45) is 1.83. The average molecular weight is 288 g/mol. The number of aromatic nitrogens is 1. The van der Waals surface area contributed by atoms with E-state index in [4.69, 9.17) is 0 Å². The van der Waals surface area contributed by atoms with Gasteiger partial charge in [0, 0.05) is 17.9 Å². The fourth-order valence-corrected chi connectivity index (χ4v) is 3.29. The van der Waals surface area contributed by atoms with Gasteiger partial charge in [-0.1, -0.05) is 24.3 Å². The fourth-order valence-electron chi connectivity index (χ4n) is 2.76. The largest absolute Gasteiger partial charge is 0.396 e. The van der Waals surface area contributed by atoms with Crippen LogP contribution in [-0.4, -0.2) is 22.6 Å². The van der Waals surface area contributed by atoms with E-state index in [0.717, 1.165) is 18.4 Å². The Morgan fingerprint density at radius 1 is 1.45 bits per heavy atom. The van der Waals surface area contributed by atoms with Gasteiger partial charge in [0.1, 0.15) is 5.69 Å². The van der Waals surface area contributed by atoms with Crippen molar-refractivity contribution in [3.63, 3.8) is 0 Å². The van der Waals surface area contributed by atoms with E-state index in [1.807, 2.05) is 18.2 Å². The molecular weight excluding hydrogens is 272 g/mol. The number of aryl methyl sites for hydroxylation is 1. The van der Waals surface area contributed by atoms with Crippen molar-refractivity contribution in [1.29, 1.82) is 0 Å². The molecule has 1 aliphatic carbocycles. The summed E-state index contributed by atoms with van der Waals surface area (Å²) in [4.78, 5) is 16.2. The molecule has 0 unspecified atom stereocenters. The minimum absolute atomic E-state index is 0.0625. The van der Waals surface area contributed by atoms with E-state index in [1.165, 1.54) is 16.9 Å². The first-order valence-corrected chi connectivity index (χ1v) is 7.61. The normalized spacial score (nSPS) is 21.2. The zero-order chi connectivity index (χ0) is 13.9. The van der Waals surface area contributed by atoms with Gasteiger partial charge in [-0.25, -0.2) is 4.98 Å². The molecule has 5 heteroatoms. The topological polar surface area (TPSA) is 62.2 Å². The standard InChI is InChI=1S/C15H16N2O2S/c18-7-11-6-5-10-3-1-2-4-12(10)14(11)17-15(19)13-8-20-9-16-13/h1-4,8-9,11,14,18H,5-7H2,(H,17,19)/t11-,14+/m0/s1. The number of aliphatic hydroxyl groups excluding tert-OH is 1. The molecule has 3 rings (SSSR count). The van der Waals surface area contributed by atoms with Crippen LogP contribution in [0.15, 0.2) is 35.2 Å². The number of carbonyl (C=O) groups excluding carboxylic acids is 1.